The smallest absolute Gasteiger partial charge is 0.246 e. The molecule has 1 rings (SSSR count). The van der Waals surface area contributed by atoms with Gasteiger partial charge >= 0.3 is 0 Å². The Hall–Kier alpha value is -1.40. The molecule has 0 aliphatic heterocycles. The quantitative estimate of drug-likeness (QED) is 0.855. The number of hydrogen-bond donors (Lipinski definition) is 1. The van der Waals surface area contributed by atoms with E-state index in [0.717, 1.165) is 5.56 Å². The van der Waals surface area contributed by atoms with Gasteiger partial charge in [0.05, 0.1) is 10.9 Å². The van der Waals surface area contributed by atoms with Crippen molar-refractivity contribution in [3.05, 3.63) is 29.8 Å². The second kappa shape index (κ2) is 6.68. The van der Waals surface area contributed by atoms with E-state index in [0.29, 0.717) is 6.42 Å². The molecule has 0 heterocycles. The zero-order valence-electron chi connectivity index (χ0n) is 11.3. The molecule has 0 saturated carbocycles. The Kier molecular flexibility index (Phi) is 5.50. The molecule has 0 aliphatic rings. The van der Waals surface area contributed by atoms with E-state index >= 15 is 0 Å². The van der Waals surface area contributed by atoms with E-state index in [1.165, 1.54) is 13.4 Å². The average Bonchev–Trinajstić information content (AvgIpc) is 2.35. The molecule has 0 unspecified atom stereocenters. The van der Waals surface area contributed by atoms with Crippen molar-refractivity contribution in [1.29, 1.82) is 0 Å². The fourth-order valence-corrected chi connectivity index (χ4v) is 2.37. The SMILES string of the molecule is CC[C@H](NC(=O)COC)c1ccc(S(C)(=O)=O)cc1. The van der Waals surface area contributed by atoms with Crippen molar-refractivity contribution < 1.29 is 17.9 Å². The summed E-state index contributed by atoms with van der Waals surface area (Å²) >= 11 is 0. The molecule has 0 aliphatic carbocycles. The van der Waals surface area contributed by atoms with Gasteiger partial charge in [-0.1, -0.05) is 19.1 Å². The topological polar surface area (TPSA) is 72.5 Å². The molecule has 5 nitrogen and oxygen atoms in total. The Bertz CT molecular complexity index is 522. The third kappa shape index (κ3) is 4.65. The summed E-state index contributed by atoms with van der Waals surface area (Å²) in [5.41, 5.74) is 0.874. The normalized spacial score (nSPS) is 13.0. The minimum Gasteiger partial charge on any atom is -0.375 e. The third-order valence-corrected chi connectivity index (χ3v) is 3.86. The van der Waals surface area contributed by atoms with E-state index < -0.39 is 9.84 Å². The van der Waals surface area contributed by atoms with Crippen LogP contribution in [0.3, 0.4) is 0 Å². The lowest BCUT2D eigenvalue weighted by Crippen LogP contribution is -2.31. The third-order valence-electron chi connectivity index (χ3n) is 2.73. The zero-order valence-corrected chi connectivity index (χ0v) is 12.2. The molecular weight excluding hydrogens is 266 g/mol. The highest BCUT2D eigenvalue weighted by Crippen LogP contribution is 2.19. The van der Waals surface area contributed by atoms with E-state index in [2.05, 4.69) is 5.32 Å². The number of amides is 1. The number of hydrogen-bond acceptors (Lipinski definition) is 4. The fraction of sp³-hybridized carbons (Fsp3) is 0.462. The second-order valence-corrected chi connectivity index (χ2v) is 6.32. The van der Waals surface area contributed by atoms with Crippen LogP contribution in [0.1, 0.15) is 24.9 Å². The van der Waals surface area contributed by atoms with Gasteiger partial charge in [-0.15, -0.1) is 0 Å². The van der Waals surface area contributed by atoms with E-state index in [-0.39, 0.29) is 23.5 Å². The standard InChI is InChI=1S/C13H19NO4S/c1-4-12(14-13(15)9-18-2)10-5-7-11(8-6-10)19(3,16)17/h5-8,12H,4,9H2,1-3H3,(H,14,15)/t12-/m0/s1. The number of sulfone groups is 1. The van der Waals surface area contributed by atoms with Gasteiger partial charge in [0.25, 0.3) is 0 Å². The van der Waals surface area contributed by atoms with Crippen LogP contribution in [0.2, 0.25) is 0 Å². The average molecular weight is 285 g/mol. The van der Waals surface area contributed by atoms with E-state index in [1.807, 2.05) is 6.92 Å². The predicted octanol–water partition coefficient (Wildman–Crippen LogP) is 1.30. The molecule has 6 heteroatoms. The van der Waals surface area contributed by atoms with Gasteiger partial charge in [-0.05, 0) is 24.1 Å². The first-order valence-electron chi connectivity index (χ1n) is 5.96. The highest BCUT2D eigenvalue weighted by Gasteiger charge is 2.13. The minimum atomic E-state index is -3.19. The van der Waals surface area contributed by atoms with Crippen LogP contribution in [0.25, 0.3) is 0 Å². The van der Waals surface area contributed by atoms with Crippen molar-refractivity contribution >= 4 is 15.7 Å². The predicted molar refractivity (Wildman–Crippen MR) is 72.6 cm³/mol. The summed E-state index contributed by atoms with van der Waals surface area (Å²) < 4.78 is 27.5. The summed E-state index contributed by atoms with van der Waals surface area (Å²) in [7, 11) is -1.73. The molecule has 1 aromatic rings. The Morgan fingerprint density at radius 2 is 1.89 bits per heavy atom. The molecule has 106 valence electrons. The van der Waals surface area contributed by atoms with Crippen LogP contribution in [0.4, 0.5) is 0 Å². The van der Waals surface area contributed by atoms with Crippen molar-refractivity contribution in [3.8, 4) is 0 Å². The van der Waals surface area contributed by atoms with Crippen LogP contribution in [0.15, 0.2) is 29.2 Å². The lowest BCUT2D eigenvalue weighted by molar-refractivity contribution is -0.125. The summed E-state index contributed by atoms with van der Waals surface area (Å²) in [5, 5.41) is 2.83. The van der Waals surface area contributed by atoms with Gasteiger partial charge in [0.2, 0.25) is 5.91 Å². The molecule has 0 spiro atoms. The first-order valence-corrected chi connectivity index (χ1v) is 7.86. The van der Waals surface area contributed by atoms with Crippen molar-refractivity contribution in [2.75, 3.05) is 20.0 Å². The molecule has 0 saturated heterocycles. The van der Waals surface area contributed by atoms with Crippen LogP contribution >= 0.6 is 0 Å². The van der Waals surface area contributed by atoms with E-state index in [9.17, 15) is 13.2 Å². The lowest BCUT2D eigenvalue weighted by atomic mass is 10.0. The van der Waals surface area contributed by atoms with Gasteiger partial charge in [-0.25, -0.2) is 8.42 Å². The summed E-state index contributed by atoms with van der Waals surface area (Å²) in [6.45, 7) is 1.96. The highest BCUT2D eigenvalue weighted by atomic mass is 32.2. The number of carbonyl (C=O) groups is 1. The monoisotopic (exact) mass is 285 g/mol. The van der Waals surface area contributed by atoms with Crippen LogP contribution in [0.5, 0.6) is 0 Å². The largest absolute Gasteiger partial charge is 0.375 e. The molecule has 1 aromatic carbocycles. The zero-order chi connectivity index (χ0) is 14.5. The molecule has 1 amide bonds. The maximum absolute atomic E-state index is 11.5. The Morgan fingerprint density at radius 3 is 2.32 bits per heavy atom. The van der Waals surface area contributed by atoms with E-state index in [1.54, 1.807) is 24.3 Å². The maximum Gasteiger partial charge on any atom is 0.246 e. The number of ether oxygens (including phenoxy) is 1. The lowest BCUT2D eigenvalue weighted by Gasteiger charge is -2.17. The first-order chi connectivity index (χ1) is 8.88. The summed E-state index contributed by atoms with van der Waals surface area (Å²) in [4.78, 5) is 11.8. The minimum absolute atomic E-state index is 0.0118. The van der Waals surface area contributed by atoms with Crippen LogP contribution in [0, 0.1) is 0 Å². The Labute approximate surface area is 113 Å². The van der Waals surface area contributed by atoms with Crippen molar-refractivity contribution in [1.82, 2.24) is 5.32 Å². The Morgan fingerprint density at radius 1 is 1.32 bits per heavy atom. The highest BCUT2D eigenvalue weighted by molar-refractivity contribution is 7.90. The van der Waals surface area contributed by atoms with Crippen molar-refractivity contribution in [2.45, 2.75) is 24.3 Å². The molecule has 0 aromatic heterocycles. The van der Waals surface area contributed by atoms with Gasteiger partial charge in [0, 0.05) is 13.4 Å². The van der Waals surface area contributed by atoms with Crippen LogP contribution in [-0.2, 0) is 19.4 Å². The molecule has 0 fully saturated rings. The number of nitrogens with one attached hydrogen (secondary N) is 1. The fourth-order valence-electron chi connectivity index (χ4n) is 1.74. The van der Waals surface area contributed by atoms with Crippen LogP contribution in [-0.4, -0.2) is 34.3 Å². The summed E-state index contributed by atoms with van der Waals surface area (Å²) in [6, 6.07) is 6.40. The van der Waals surface area contributed by atoms with Gasteiger partial charge in [-0.3, -0.25) is 4.79 Å². The first kappa shape index (κ1) is 15.7. The van der Waals surface area contributed by atoms with Crippen molar-refractivity contribution in [2.24, 2.45) is 0 Å². The van der Waals surface area contributed by atoms with E-state index in [4.69, 9.17) is 4.74 Å². The summed E-state index contributed by atoms with van der Waals surface area (Å²) in [6.07, 6.45) is 1.88. The molecular formula is C13H19NO4S. The number of carbonyl (C=O) groups excluding carboxylic acids is 1. The number of rotatable bonds is 6. The second-order valence-electron chi connectivity index (χ2n) is 4.30. The van der Waals surface area contributed by atoms with Gasteiger partial charge in [-0.2, -0.15) is 0 Å². The number of methoxy groups -OCH3 is 1. The van der Waals surface area contributed by atoms with Gasteiger partial charge in [0.15, 0.2) is 9.84 Å². The van der Waals surface area contributed by atoms with Crippen LogP contribution < -0.4 is 5.32 Å². The molecule has 19 heavy (non-hydrogen) atoms. The number of benzene rings is 1. The molecule has 1 atom stereocenters. The Balaban J connectivity index is 2.85. The maximum atomic E-state index is 11.5. The molecule has 1 N–H and O–H groups in total. The van der Waals surface area contributed by atoms with Gasteiger partial charge < -0.3 is 10.1 Å². The van der Waals surface area contributed by atoms with Gasteiger partial charge in [0.1, 0.15) is 6.61 Å². The molecule has 0 radical (unpaired) electrons. The summed E-state index contributed by atoms with van der Waals surface area (Å²) in [5.74, 6) is -0.193. The van der Waals surface area contributed by atoms with Crippen molar-refractivity contribution in [3.63, 3.8) is 0 Å². The molecule has 0 bridgehead atoms.